The van der Waals surface area contributed by atoms with Gasteiger partial charge in [-0.1, -0.05) is 22.4 Å². The summed E-state index contributed by atoms with van der Waals surface area (Å²) in [5, 5.41) is 1.27. The van der Waals surface area contributed by atoms with Gasteiger partial charge in [0.2, 0.25) is 0 Å². The van der Waals surface area contributed by atoms with E-state index in [9.17, 15) is 4.79 Å². The van der Waals surface area contributed by atoms with Crippen molar-refractivity contribution in [2.75, 3.05) is 0 Å². The van der Waals surface area contributed by atoms with Crippen LogP contribution in [0, 0.1) is 5.92 Å². The summed E-state index contributed by atoms with van der Waals surface area (Å²) in [5.41, 5.74) is 2.54. The number of benzene rings is 1. The maximum absolute atomic E-state index is 12.0. The molecule has 2 aromatic rings. The Labute approximate surface area is 121 Å². The normalized spacial score (nSPS) is 20.1. The van der Waals surface area contributed by atoms with Gasteiger partial charge in [-0.2, -0.15) is 0 Å². The number of rotatable bonds is 2. The molecule has 1 aliphatic carbocycles. The van der Waals surface area contributed by atoms with E-state index >= 15 is 0 Å². The smallest absolute Gasteiger partial charge is 0.136 e. The molecule has 1 atom stereocenters. The van der Waals surface area contributed by atoms with Crippen molar-refractivity contribution in [1.29, 1.82) is 0 Å². The Balaban J connectivity index is 1.96. The van der Waals surface area contributed by atoms with Crippen LogP contribution in [0.1, 0.15) is 31.2 Å². The van der Waals surface area contributed by atoms with Crippen molar-refractivity contribution < 1.29 is 4.79 Å². The summed E-state index contributed by atoms with van der Waals surface area (Å²) < 4.78 is 3.26. The van der Waals surface area contributed by atoms with E-state index in [0.717, 1.165) is 30.2 Å². The number of aromatic nitrogens is 1. The third-order valence-corrected chi connectivity index (χ3v) is 4.67. The van der Waals surface area contributed by atoms with Gasteiger partial charge in [-0.15, -0.1) is 0 Å². The molecular formula is C16H18BrNO. The Bertz CT molecular complexity index is 629. The number of halogens is 1. The van der Waals surface area contributed by atoms with Crippen LogP contribution in [-0.2, 0) is 18.3 Å². The van der Waals surface area contributed by atoms with Crippen LogP contribution >= 0.6 is 15.9 Å². The highest BCUT2D eigenvalue weighted by Crippen LogP contribution is 2.30. The quantitative estimate of drug-likeness (QED) is 0.811. The fourth-order valence-corrected chi connectivity index (χ4v) is 3.51. The number of carbonyl (C=O) groups is 1. The summed E-state index contributed by atoms with van der Waals surface area (Å²) in [7, 11) is 2.07. The lowest BCUT2D eigenvalue weighted by molar-refractivity contribution is -0.124. The van der Waals surface area contributed by atoms with Gasteiger partial charge in [-0.3, -0.25) is 4.79 Å². The molecule has 0 bridgehead atoms. The van der Waals surface area contributed by atoms with Gasteiger partial charge in [0, 0.05) is 41.0 Å². The van der Waals surface area contributed by atoms with E-state index < -0.39 is 0 Å². The SMILES string of the molecule is Cn1cc(CC2CCCCC2=O)c2cc(Br)ccc21. The highest BCUT2D eigenvalue weighted by molar-refractivity contribution is 9.10. The van der Waals surface area contributed by atoms with Crippen LogP contribution in [0.25, 0.3) is 10.9 Å². The van der Waals surface area contributed by atoms with Crippen molar-refractivity contribution in [3.8, 4) is 0 Å². The Morgan fingerprint density at radius 2 is 2.21 bits per heavy atom. The monoisotopic (exact) mass is 319 g/mol. The first-order valence-corrected chi connectivity index (χ1v) is 7.70. The standard InChI is InChI=1S/C16H18BrNO/c1-18-10-12(8-11-4-2-3-5-16(11)19)14-9-13(17)6-7-15(14)18/h6-7,9-11H,2-5,8H2,1H3. The molecule has 1 fully saturated rings. The number of ketones is 1. The van der Waals surface area contributed by atoms with E-state index in [0.29, 0.717) is 5.78 Å². The Morgan fingerprint density at radius 1 is 1.37 bits per heavy atom. The molecule has 0 amide bonds. The lowest BCUT2D eigenvalue weighted by Gasteiger charge is -2.19. The molecule has 2 nitrogen and oxygen atoms in total. The summed E-state index contributed by atoms with van der Waals surface area (Å²) in [6, 6.07) is 6.36. The van der Waals surface area contributed by atoms with E-state index in [1.54, 1.807) is 0 Å². The molecular weight excluding hydrogens is 302 g/mol. The lowest BCUT2D eigenvalue weighted by Crippen LogP contribution is -2.20. The summed E-state index contributed by atoms with van der Waals surface area (Å²) in [6.07, 6.45) is 7.19. The number of fused-ring (bicyclic) bond motifs is 1. The molecule has 0 radical (unpaired) electrons. The number of Topliss-reactive ketones (excluding diaryl/α,β-unsaturated/α-hetero) is 1. The second-order valence-electron chi connectivity index (χ2n) is 5.54. The third-order valence-electron chi connectivity index (χ3n) is 4.18. The van der Waals surface area contributed by atoms with Crippen LogP contribution in [0.5, 0.6) is 0 Å². The van der Waals surface area contributed by atoms with Crippen molar-refractivity contribution in [3.05, 3.63) is 34.4 Å². The van der Waals surface area contributed by atoms with Crippen LogP contribution in [0.3, 0.4) is 0 Å². The van der Waals surface area contributed by atoms with Gasteiger partial charge in [0.1, 0.15) is 5.78 Å². The summed E-state index contributed by atoms with van der Waals surface area (Å²) in [5.74, 6) is 0.691. The van der Waals surface area contributed by atoms with Crippen LogP contribution in [-0.4, -0.2) is 10.4 Å². The van der Waals surface area contributed by atoms with E-state index in [1.165, 1.54) is 22.9 Å². The molecule has 1 heterocycles. The largest absolute Gasteiger partial charge is 0.350 e. The van der Waals surface area contributed by atoms with E-state index in [1.807, 2.05) is 0 Å². The Hall–Kier alpha value is -1.09. The predicted molar refractivity (Wildman–Crippen MR) is 81.3 cm³/mol. The molecule has 100 valence electrons. The number of hydrogen-bond donors (Lipinski definition) is 0. The van der Waals surface area contributed by atoms with Crippen LogP contribution < -0.4 is 0 Å². The molecule has 3 heteroatoms. The Kier molecular flexibility index (Phi) is 3.48. The van der Waals surface area contributed by atoms with Crippen LogP contribution in [0.4, 0.5) is 0 Å². The summed E-state index contributed by atoms with van der Waals surface area (Å²) in [6.45, 7) is 0. The molecule has 0 spiro atoms. The topological polar surface area (TPSA) is 22.0 Å². The minimum absolute atomic E-state index is 0.235. The minimum Gasteiger partial charge on any atom is -0.350 e. The van der Waals surface area contributed by atoms with E-state index in [2.05, 4.69) is 51.9 Å². The molecule has 0 saturated heterocycles. The second kappa shape index (κ2) is 5.12. The van der Waals surface area contributed by atoms with Crippen molar-refractivity contribution in [2.24, 2.45) is 13.0 Å². The van der Waals surface area contributed by atoms with Crippen molar-refractivity contribution in [1.82, 2.24) is 4.57 Å². The van der Waals surface area contributed by atoms with Gasteiger partial charge < -0.3 is 4.57 Å². The summed E-state index contributed by atoms with van der Waals surface area (Å²) >= 11 is 3.54. The average molecular weight is 320 g/mol. The van der Waals surface area contributed by atoms with Gasteiger partial charge >= 0.3 is 0 Å². The molecule has 1 saturated carbocycles. The fraction of sp³-hybridized carbons (Fsp3) is 0.438. The van der Waals surface area contributed by atoms with Gasteiger partial charge in [-0.05, 0) is 43.0 Å². The molecule has 1 aromatic carbocycles. The minimum atomic E-state index is 0.235. The molecule has 1 unspecified atom stereocenters. The number of nitrogens with zero attached hydrogens (tertiary/aromatic N) is 1. The van der Waals surface area contributed by atoms with Crippen molar-refractivity contribution >= 4 is 32.6 Å². The van der Waals surface area contributed by atoms with E-state index in [4.69, 9.17) is 0 Å². The molecule has 1 aliphatic rings. The van der Waals surface area contributed by atoms with Gasteiger partial charge in [0.15, 0.2) is 0 Å². The predicted octanol–water partition coefficient (Wildman–Crippen LogP) is 4.24. The second-order valence-corrected chi connectivity index (χ2v) is 6.46. The molecule has 0 aliphatic heterocycles. The van der Waals surface area contributed by atoms with Gasteiger partial charge in [0.25, 0.3) is 0 Å². The summed E-state index contributed by atoms with van der Waals surface area (Å²) in [4.78, 5) is 12.0. The highest BCUT2D eigenvalue weighted by atomic mass is 79.9. The van der Waals surface area contributed by atoms with Gasteiger partial charge in [0.05, 0.1) is 0 Å². The first-order valence-electron chi connectivity index (χ1n) is 6.91. The van der Waals surface area contributed by atoms with Crippen molar-refractivity contribution in [2.45, 2.75) is 32.1 Å². The molecule has 3 rings (SSSR count). The lowest BCUT2D eigenvalue weighted by atomic mass is 9.84. The first-order chi connectivity index (χ1) is 9.15. The zero-order valence-corrected chi connectivity index (χ0v) is 12.7. The van der Waals surface area contributed by atoms with E-state index in [-0.39, 0.29) is 5.92 Å². The molecule has 0 N–H and O–H groups in total. The van der Waals surface area contributed by atoms with Crippen LogP contribution in [0.2, 0.25) is 0 Å². The van der Waals surface area contributed by atoms with Crippen molar-refractivity contribution in [3.63, 3.8) is 0 Å². The molecule has 1 aromatic heterocycles. The van der Waals surface area contributed by atoms with Crippen LogP contribution in [0.15, 0.2) is 28.9 Å². The molecule has 19 heavy (non-hydrogen) atoms. The maximum Gasteiger partial charge on any atom is 0.136 e. The zero-order chi connectivity index (χ0) is 13.4. The number of aryl methyl sites for hydroxylation is 1. The number of carbonyl (C=O) groups excluding carboxylic acids is 1. The average Bonchev–Trinajstić information content (AvgIpc) is 2.69. The third kappa shape index (κ3) is 2.48. The number of hydrogen-bond acceptors (Lipinski definition) is 1. The fourth-order valence-electron chi connectivity index (χ4n) is 3.14. The van der Waals surface area contributed by atoms with Gasteiger partial charge in [-0.25, -0.2) is 0 Å². The zero-order valence-electron chi connectivity index (χ0n) is 11.2. The first kappa shape index (κ1) is 12.9. The highest BCUT2D eigenvalue weighted by Gasteiger charge is 2.23. The maximum atomic E-state index is 12.0. The Morgan fingerprint density at radius 3 is 3.00 bits per heavy atom.